The van der Waals surface area contributed by atoms with Gasteiger partial charge >= 0.3 is 0 Å². The van der Waals surface area contributed by atoms with E-state index in [0.29, 0.717) is 5.92 Å². The second kappa shape index (κ2) is 4.22. The normalized spacial score (nSPS) is 17.9. The van der Waals surface area contributed by atoms with E-state index in [1.807, 2.05) is 26.8 Å². The summed E-state index contributed by atoms with van der Waals surface area (Å²) >= 11 is 0. The van der Waals surface area contributed by atoms with Gasteiger partial charge in [-0.2, -0.15) is 0 Å². The van der Waals surface area contributed by atoms with E-state index in [1.165, 1.54) is 0 Å². The highest BCUT2D eigenvalue weighted by atomic mass is 16.5. The molecule has 0 aliphatic heterocycles. The Morgan fingerprint density at radius 2 is 2.00 bits per heavy atom. The van der Waals surface area contributed by atoms with Crippen LogP contribution in [-0.4, -0.2) is 10.7 Å². The molecule has 17 heavy (non-hydrogen) atoms. The van der Waals surface area contributed by atoms with Gasteiger partial charge in [0, 0.05) is 11.6 Å². The molecule has 1 aromatic rings. The van der Waals surface area contributed by atoms with E-state index in [0.717, 1.165) is 24.2 Å². The molecule has 1 aromatic carbocycles. The molecule has 1 aliphatic carbocycles. The number of rotatable bonds is 3. The van der Waals surface area contributed by atoms with Crippen LogP contribution in [0.25, 0.3) is 0 Å². The molecule has 0 spiro atoms. The van der Waals surface area contributed by atoms with Gasteiger partial charge < -0.3 is 15.6 Å². The van der Waals surface area contributed by atoms with Crippen LogP contribution in [0, 0.1) is 5.92 Å². The molecule has 0 saturated heterocycles. The van der Waals surface area contributed by atoms with Crippen LogP contribution in [0.2, 0.25) is 0 Å². The Hall–Kier alpha value is -1.22. The molecule has 0 amide bonds. The second-order valence-electron chi connectivity index (χ2n) is 5.80. The number of phenols is 1. The van der Waals surface area contributed by atoms with E-state index in [1.54, 1.807) is 12.1 Å². The molecule has 1 fully saturated rings. The summed E-state index contributed by atoms with van der Waals surface area (Å²) in [6, 6.07) is 5.24. The molecule has 94 valence electrons. The molecule has 1 atom stereocenters. The van der Waals surface area contributed by atoms with Crippen molar-refractivity contribution >= 4 is 0 Å². The summed E-state index contributed by atoms with van der Waals surface area (Å²) < 4.78 is 5.78. The predicted octanol–water partition coefficient (Wildman–Crippen LogP) is 2.98. The quantitative estimate of drug-likeness (QED) is 0.846. The minimum Gasteiger partial charge on any atom is -0.508 e. The van der Waals surface area contributed by atoms with Crippen molar-refractivity contribution in [2.45, 2.75) is 45.3 Å². The Morgan fingerprint density at radius 1 is 1.35 bits per heavy atom. The van der Waals surface area contributed by atoms with E-state index in [4.69, 9.17) is 10.5 Å². The summed E-state index contributed by atoms with van der Waals surface area (Å²) in [7, 11) is 0. The van der Waals surface area contributed by atoms with E-state index >= 15 is 0 Å². The highest BCUT2D eigenvalue weighted by molar-refractivity contribution is 5.42. The number of phenolic OH excluding ortho intramolecular Hbond substituents is 1. The molecule has 3 N–H and O–H groups in total. The summed E-state index contributed by atoms with van der Waals surface area (Å²) in [4.78, 5) is 0. The van der Waals surface area contributed by atoms with Crippen molar-refractivity contribution in [1.82, 2.24) is 0 Å². The zero-order valence-electron chi connectivity index (χ0n) is 10.7. The Balaban J connectivity index is 2.22. The van der Waals surface area contributed by atoms with E-state index in [9.17, 15) is 5.11 Å². The molecule has 2 rings (SSSR count). The maximum Gasteiger partial charge on any atom is 0.120 e. The number of ether oxygens (including phenoxy) is 1. The van der Waals surface area contributed by atoms with Gasteiger partial charge in [-0.3, -0.25) is 0 Å². The van der Waals surface area contributed by atoms with Crippen molar-refractivity contribution in [3.8, 4) is 11.5 Å². The molecule has 0 unspecified atom stereocenters. The molecule has 0 heterocycles. The van der Waals surface area contributed by atoms with Crippen LogP contribution >= 0.6 is 0 Å². The topological polar surface area (TPSA) is 55.5 Å². The molecule has 1 aliphatic rings. The first-order valence-corrected chi connectivity index (χ1v) is 6.14. The number of hydrogen-bond acceptors (Lipinski definition) is 3. The lowest BCUT2D eigenvalue weighted by molar-refractivity contribution is 0.130. The Kier molecular flexibility index (Phi) is 3.04. The lowest BCUT2D eigenvalue weighted by Crippen LogP contribution is -2.23. The molecule has 3 nitrogen and oxygen atoms in total. The van der Waals surface area contributed by atoms with Crippen molar-refractivity contribution < 1.29 is 9.84 Å². The molecule has 3 heteroatoms. The van der Waals surface area contributed by atoms with Crippen LogP contribution in [0.15, 0.2) is 18.2 Å². The largest absolute Gasteiger partial charge is 0.508 e. The average Bonchev–Trinajstić information content (AvgIpc) is 3.01. The van der Waals surface area contributed by atoms with Crippen LogP contribution in [0.1, 0.15) is 45.2 Å². The van der Waals surface area contributed by atoms with E-state index in [-0.39, 0.29) is 17.4 Å². The summed E-state index contributed by atoms with van der Waals surface area (Å²) in [6.07, 6.45) is 2.32. The van der Waals surface area contributed by atoms with Gasteiger partial charge in [0.1, 0.15) is 17.1 Å². The molecule has 0 aromatic heterocycles. The zero-order chi connectivity index (χ0) is 12.6. The van der Waals surface area contributed by atoms with Gasteiger partial charge in [-0.25, -0.2) is 0 Å². The van der Waals surface area contributed by atoms with Crippen molar-refractivity contribution in [3.63, 3.8) is 0 Å². The van der Waals surface area contributed by atoms with E-state index in [2.05, 4.69) is 0 Å². The Labute approximate surface area is 103 Å². The van der Waals surface area contributed by atoms with Gasteiger partial charge in [-0.1, -0.05) is 0 Å². The highest BCUT2D eigenvalue weighted by Crippen LogP contribution is 2.42. The van der Waals surface area contributed by atoms with Gasteiger partial charge in [0.2, 0.25) is 0 Å². The third-order valence-corrected chi connectivity index (χ3v) is 2.91. The van der Waals surface area contributed by atoms with Crippen LogP contribution in [0.5, 0.6) is 11.5 Å². The molecule has 0 bridgehead atoms. The summed E-state index contributed by atoms with van der Waals surface area (Å²) in [5.41, 5.74) is 6.68. The number of nitrogens with two attached hydrogens (primary N) is 1. The lowest BCUT2D eigenvalue weighted by atomic mass is 10.0. The minimum absolute atomic E-state index is 0.0708. The van der Waals surface area contributed by atoms with Gasteiger partial charge in [0.25, 0.3) is 0 Å². The summed E-state index contributed by atoms with van der Waals surface area (Å²) in [5, 5.41) is 9.84. The maximum absolute atomic E-state index is 9.84. The SMILES string of the molecule is CC(C)(C)Oc1ccc(O)c([C@@H](N)C2CC2)c1. The highest BCUT2D eigenvalue weighted by Gasteiger charge is 2.31. The average molecular weight is 235 g/mol. The van der Waals surface area contributed by atoms with Crippen molar-refractivity contribution in [3.05, 3.63) is 23.8 Å². The molecule has 0 radical (unpaired) electrons. The summed E-state index contributed by atoms with van der Waals surface area (Å²) in [6.45, 7) is 6.00. The second-order valence-corrected chi connectivity index (χ2v) is 5.80. The Bertz CT molecular complexity index is 405. The van der Waals surface area contributed by atoms with Crippen LogP contribution in [0.3, 0.4) is 0 Å². The Morgan fingerprint density at radius 3 is 2.53 bits per heavy atom. The van der Waals surface area contributed by atoms with Gasteiger partial charge in [0.15, 0.2) is 0 Å². The molecular weight excluding hydrogens is 214 g/mol. The molecular formula is C14H21NO2. The fourth-order valence-electron chi connectivity index (χ4n) is 1.93. The van der Waals surface area contributed by atoms with Crippen molar-refractivity contribution in [2.24, 2.45) is 11.7 Å². The first-order valence-electron chi connectivity index (χ1n) is 6.14. The predicted molar refractivity (Wildman–Crippen MR) is 68.1 cm³/mol. The van der Waals surface area contributed by atoms with Gasteiger partial charge in [-0.15, -0.1) is 0 Å². The third-order valence-electron chi connectivity index (χ3n) is 2.91. The van der Waals surface area contributed by atoms with E-state index < -0.39 is 0 Å². The third kappa shape index (κ3) is 3.13. The summed E-state index contributed by atoms with van der Waals surface area (Å²) in [5.74, 6) is 1.55. The fraction of sp³-hybridized carbons (Fsp3) is 0.571. The van der Waals surface area contributed by atoms with Gasteiger partial charge in [0.05, 0.1) is 0 Å². The minimum atomic E-state index is -0.238. The number of benzene rings is 1. The fourth-order valence-corrected chi connectivity index (χ4v) is 1.93. The number of aromatic hydroxyl groups is 1. The van der Waals surface area contributed by atoms with Crippen LogP contribution < -0.4 is 10.5 Å². The van der Waals surface area contributed by atoms with Gasteiger partial charge in [-0.05, 0) is 57.7 Å². The molecule has 1 saturated carbocycles. The maximum atomic E-state index is 9.84. The zero-order valence-corrected chi connectivity index (χ0v) is 10.7. The van der Waals surface area contributed by atoms with Crippen molar-refractivity contribution in [1.29, 1.82) is 0 Å². The first kappa shape index (κ1) is 12.2. The monoisotopic (exact) mass is 235 g/mol. The number of hydrogen-bond donors (Lipinski definition) is 2. The van der Waals surface area contributed by atoms with Crippen LogP contribution in [-0.2, 0) is 0 Å². The first-order chi connectivity index (χ1) is 7.87. The smallest absolute Gasteiger partial charge is 0.120 e. The lowest BCUT2D eigenvalue weighted by Gasteiger charge is -2.22. The van der Waals surface area contributed by atoms with Crippen molar-refractivity contribution in [2.75, 3.05) is 0 Å². The van der Waals surface area contributed by atoms with Crippen LogP contribution in [0.4, 0.5) is 0 Å². The standard InChI is InChI=1S/C14H21NO2/c1-14(2,3)17-10-6-7-12(16)11(8-10)13(15)9-4-5-9/h6-9,13,16H,4-5,15H2,1-3H3/t13-/m0/s1.